The predicted octanol–water partition coefficient (Wildman–Crippen LogP) is 2.06. The molecule has 22 heavy (non-hydrogen) atoms. The summed E-state index contributed by atoms with van der Waals surface area (Å²) in [5, 5.41) is 0.642. The third-order valence-corrected chi connectivity index (χ3v) is 3.24. The van der Waals surface area contributed by atoms with Crippen molar-refractivity contribution < 1.29 is 9.47 Å². The first kappa shape index (κ1) is 16.5. The van der Waals surface area contributed by atoms with Gasteiger partial charge in [-0.25, -0.2) is 0 Å². The minimum Gasteiger partial charge on any atom is -0.483 e. The number of pyridine rings is 1. The van der Waals surface area contributed by atoms with Crippen molar-refractivity contribution in [1.29, 1.82) is 0 Å². The van der Waals surface area contributed by atoms with Crippen LogP contribution >= 0.6 is 11.6 Å². The van der Waals surface area contributed by atoms with Crippen molar-refractivity contribution in [2.75, 3.05) is 19.8 Å². The van der Waals surface area contributed by atoms with Crippen LogP contribution < -0.4 is 16.0 Å². The predicted molar refractivity (Wildman–Crippen MR) is 86.4 cm³/mol. The average molecular weight is 323 g/mol. The first-order valence-electron chi connectivity index (χ1n) is 7.05. The molecule has 0 bridgehead atoms. The lowest BCUT2D eigenvalue weighted by molar-refractivity contribution is 0.132. The van der Waals surface area contributed by atoms with Crippen LogP contribution in [0.1, 0.15) is 5.56 Å². The third kappa shape index (κ3) is 4.87. The smallest absolute Gasteiger partial charge is 0.292 e. The minimum absolute atomic E-state index is 0.180. The number of rotatable bonds is 8. The highest BCUT2D eigenvalue weighted by atomic mass is 35.5. The van der Waals surface area contributed by atoms with Crippen molar-refractivity contribution in [2.45, 2.75) is 13.2 Å². The van der Waals surface area contributed by atoms with E-state index in [1.54, 1.807) is 29.0 Å². The molecular weight excluding hydrogens is 304 g/mol. The van der Waals surface area contributed by atoms with Gasteiger partial charge in [0, 0.05) is 24.3 Å². The summed E-state index contributed by atoms with van der Waals surface area (Å²) in [4.78, 5) is 12.3. The topological polar surface area (TPSA) is 66.5 Å². The van der Waals surface area contributed by atoms with E-state index in [2.05, 4.69) is 0 Å². The lowest BCUT2D eigenvalue weighted by Crippen LogP contribution is -2.23. The molecular formula is C16H19ClN2O3. The molecule has 0 amide bonds. The number of hydrogen-bond donors (Lipinski definition) is 1. The second-order valence-electron chi connectivity index (χ2n) is 4.69. The first-order valence-corrected chi connectivity index (χ1v) is 7.43. The van der Waals surface area contributed by atoms with Gasteiger partial charge in [0.05, 0.1) is 13.2 Å². The summed E-state index contributed by atoms with van der Waals surface area (Å²) >= 11 is 5.92. The Bertz CT molecular complexity index is 658. The molecule has 0 aliphatic carbocycles. The molecule has 0 aliphatic heterocycles. The molecule has 5 nitrogen and oxygen atoms in total. The third-order valence-electron chi connectivity index (χ3n) is 3.01. The highest BCUT2D eigenvalue weighted by Gasteiger charge is 2.05. The van der Waals surface area contributed by atoms with Crippen molar-refractivity contribution in [3.05, 3.63) is 63.5 Å². The molecule has 1 heterocycles. The van der Waals surface area contributed by atoms with E-state index in [-0.39, 0.29) is 5.56 Å². The Morgan fingerprint density at radius 2 is 2.05 bits per heavy atom. The van der Waals surface area contributed by atoms with Gasteiger partial charge in [0.15, 0.2) is 5.75 Å². The van der Waals surface area contributed by atoms with E-state index in [1.165, 1.54) is 0 Å². The van der Waals surface area contributed by atoms with Gasteiger partial charge in [-0.3, -0.25) is 4.79 Å². The number of aromatic nitrogens is 1. The molecule has 0 saturated heterocycles. The Hall–Kier alpha value is -1.82. The van der Waals surface area contributed by atoms with Crippen LogP contribution in [0.15, 0.2) is 47.4 Å². The van der Waals surface area contributed by atoms with E-state index in [1.807, 2.05) is 18.2 Å². The monoisotopic (exact) mass is 322 g/mol. The molecule has 0 aliphatic rings. The van der Waals surface area contributed by atoms with Gasteiger partial charge in [0.1, 0.15) is 6.61 Å². The maximum absolute atomic E-state index is 12.3. The molecule has 0 spiro atoms. The molecule has 2 aromatic rings. The highest BCUT2D eigenvalue weighted by Crippen LogP contribution is 2.12. The number of benzene rings is 1. The van der Waals surface area contributed by atoms with Crippen LogP contribution in [0.25, 0.3) is 0 Å². The SMILES string of the molecule is NCCOCCn1cccc(OCc2cccc(Cl)c2)c1=O. The van der Waals surface area contributed by atoms with Crippen LogP contribution in [0.3, 0.4) is 0 Å². The number of halogens is 1. The van der Waals surface area contributed by atoms with E-state index >= 15 is 0 Å². The van der Waals surface area contributed by atoms with E-state index in [4.69, 9.17) is 26.8 Å². The maximum Gasteiger partial charge on any atom is 0.292 e. The largest absolute Gasteiger partial charge is 0.483 e. The van der Waals surface area contributed by atoms with Crippen LogP contribution in [-0.2, 0) is 17.9 Å². The number of nitrogens with two attached hydrogens (primary N) is 1. The molecule has 0 unspecified atom stereocenters. The standard InChI is InChI=1S/C16H19ClN2O3/c17-14-4-1-3-13(11-14)12-22-15-5-2-7-19(16(15)20)8-10-21-9-6-18/h1-5,7,11H,6,8-10,12,18H2. The number of nitrogens with zero attached hydrogens (tertiary/aromatic N) is 1. The van der Waals surface area contributed by atoms with Crippen molar-refractivity contribution in [2.24, 2.45) is 5.73 Å². The second-order valence-corrected chi connectivity index (χ2v) is 5.13. The van der Waals surface area contributed by atoms with Gasteiger partial charge in [0.25, 0.3) is 5.56 Å². The van der Waals surface area contributed by atoms with E-state index in [0.29, 0.717) is 43.7 Å². The van der Waals surface area contributed by atoms with E-state index in [0.717, 1.165) is 5.56 Å². The van der Waals surface area contributed by atoms with Crippen molar-refractivity contribution >= 4 is 11.6 Å². The first-order chi connectivity index (χ1) is 10.7. The molecule has 1 aromatic carbocycles. The molecule has 118 valence electrons. The Kier molecular flexibility index (Phi) is 6.45. The molecule has 2 N–H and O–H groups in total. The lowest BCUT2D eigenvalue weighted by atomic mass is 10.2. The summed E-state index contributed by atoms with van der Waals surface area (Å²) in [5.74, 6) is 0.307. The lowest BCUT2D eigenvalue weighted by Gasteiger charge is -2.10. The zero-order valence-corrected chi connectivity index (χ0v) is 13.0. The highest BCUT2D eigenvalue weighted by molar-refractivity contribution is 6.30. The van der Waals surface area contributed by atoms with Gasteiger partial charge < -0.3 is 19.8 Å². The molecule has 0 fully saturated rings. The van der Waals surface area contributed by atoms with Crippen molar-refractivity contribution in [1.82, 2.24) is 4.57 Å². The van der Waals surface area contributed by atoms with Crippen LogP contribution in [0, 0.1) is 0 Å². The second kappa shape index (κ2) is 8.58. The Morgan fingerprint density at radius 3 is 2.82 bits per heavy atom. The zero-order valence-electron chi connectivity index (χ0n) is 12.2. The number of hydrogen-bond acceptors (Lipinski definition) is 4. The maximum atomic E-state index is 12.3. The number of ether oxygens (including phenoxy) is 2. The van der Waals surface area contributed by atoms with Gasteiger partial charge in [-0.15, -0.1) is 0 Å². The summed E-state index contributed by atoms with van der Waals surface area (Å²) in [5.41, 5.74) is 6.08. The van der Waals surface area contributed by atoms with Gasteiger partial charge in [-0.2, -0.15) is 0 Å². The van der Waals surface area contributed by atoms with Gasteiger partial charge in [-0.1, -0.05) is 23.7 Å². The van der Waals surface area contributed by atoms with E-state index < -0.39 is 0 Å². The fourth-order valence-corrected chi connectivity index (χ4v) is 2.15. The molecule has 6 heteroatoms. The van der Waals surface area contributed by atoms with Crippen LogP contribution in [0.2, 0.25) is 5.02 Å². The summed E-state index contributed by atoms with van der Waals surface area (Å²) in [6, 6.07) is 10.8. The fourth-order valence-electron chi connectivity index (χ4n) is 1.94. The Balaban J connectivity index is 1.98. The Labute approximate surface area is 134 Å². The quantitative estimate of drug-likeness (QED) is 0.755. The van der Waals surface area contributed by atoms with Gasteiger partial charge in [0.2, 0.25) is 0 Å². The Morgan fingerprint density at radius 1 is 1.18 bits per heavy atom. The molecule has 0 saturated carbocycles. The zero-order chi connectivity index (χ0) is 15.8. The summed E-state index contributed by atoms with van der Waals surface area (Å²) in [6.45, 7) is 2.16. The fraction of sp³-hybridized carbons (Fsp3) is 0.312. The summed E-state index contributed by atoms with van der Waals surface area (Å²) in [6.07, 6.45) is 1.71. The van der Waals surface area contributed by atoms with Crippen molar-refractivity contribution in [3.63, 3.8) is 0 Å². The average Bonchev–Trinajstić information content (AvgIpc) is 2.52. The molecule has 0 atom stereocenters. The van der Waals surface area contributed by atoms with Gasteiger partial charge in [-0.05, 0) is 29.8 Å². The minimum atomic E-state index is -0.180. The summed E-state index contributed by atoms with van der Waals surface area (Å²) < 4.78 is 12.4. The summed E-state index contributed by atoms with van der Waals surface area (Å²) in [7, 11) is 0. The van der Waals surface area contributed by atoms with Gasteiger partial charge >= 0.3 is 0 Å². The van der Waals surface area contributed by atoms with Crippen molar-refractivity contribution in [3.8, 4) is 5.75 Å². The normalized spacial score (nSPS) is 10.6. The molecule has 2 rings (SSSR count). The van der Waals surface area contributed by atoms with Crippen LogP contribution in [-0.4, -0.2) is 24.3 Å². The van der Waals surface area contributed by atoms with Crippen LogP contribution in [0.4, 0.5) is 0 Å². The molecule has 0 radical (unpaired) electrons. The van der Waals surface area contributed by atoms with Crippen LogP contribution in [0.5, 0.6) is 5.75 Å². The van der Waals surface area contributed by atoms with E-state index in [9.17, 15) is 4.79 Å². The molecule has 1 aromatic heterocycles.